The second-order valence-electron chi connectivity index (χ2n) is 4.80. The van der Waals surface area contributed by atoms with Crippen LogP contribution in [-0.2, 0) is 0 Å². The van der Waals surface area contributed by atoms with Crippen molar-refractivity contribution in [3.63, 3.8) is 0 Å². The minimum atomic E-state index is -0.330. The van der Waals surface area contributed by atoms with Crippen LogP contribution in [0.15, 0.2) is 35.1 Å². The van der Waals surface area contributed by atoms with E-state index in [9.17, 15) is 9.18 Å². The molecule has 1 aromatic carbocycles. The molecular weight excluding hydrogens is 273 g/mol. The molecule has 2 aromatic heterocycles. The third kappa shape index (κ3) is 2.37. The van der Waals surface area contributed by atoms with Gasteiger partial charge in [0.2, 0.25) is 0 Å². The zero-order chi connectivity index (χ0) is 15.0. The van der Waals surface area contributed by atoms with E-state index in [2.05, 4.69) is 20.5 Å². The monoisotopic (exact) mass is 287 g/mol. The molecule has 0 saturated heterocycles. The number of hydrogen-bond donors (Lipinski definition) is 2. The highest BCUT2D eigenvalue weighted by molar-refractivity contribution is 5.50. The number of aromatic nitrogens is 4. The first-order valence-electron chi connectivity index (χ1n) is 6.52. The van der Waals surface area contributed by atoms with Crippen molar-refractivity contribution in [3.05, 3.63) is 58.0 Å². The predicted molar refractivity (Wildman–Crippen MR) is 76.8 cm³/mol. The molecule has 3 rings (SSSR count). The molecule has 7 heteroatoms. The molecule has 1 unspecified atom stereocenters. The predicted octanol–water partition coefficient (Wildman–Crippen LogP) is 2.04. The van der Waals surface area contributed by atoms with Crippen molar-refractivity contribution in [1.29, 1.82) is 0 Å². The summed E-state index contributed by atoms with van der Waals surface area (Å²) < 4.78 is 15.1. The van der Waals surface area contributed by atoms with Crippen molar-refractivity contribution >= 4 is 11.5 Å². The van der Waals surface area contributed by atoms with Gasteiger partial charge in [0.1, 0.15) is 17.5 Å². The number of aryl methyl sites for hydroxylation is 1. The summed E-state index contributed by atoms with van der Waals surface area (Å²) in [5, 5.41) is 9.40. The Morgan fingerprint density at radius 1 is 1.38 bits per heavy atom. The van der Waals surface area contributed by atoms with Crippen LogP contribution >= 0.6 is 0 Å². The maximum absolute atomic E-state index is 13.8. The Morgan fingerprint density at radius 3 is 2.90 bits per heavy atom. The first-order valence-corrected chi connectivity index (χ1v) is 6.52. The number of halogens is 1. The van der Waals surface area contributed by atoms with Gasteiger partial charge < -0.3 is 5.32 Å². The van der Waals surface area contributed by atoms with Gasteiger partial charge in [0.05, 0.1) is 6.04 Å². The Labute approximate surface area is 119 Å². The van der Waals surface area contributed by atoms with Gasteiger partial charge in [-0.2, -0.15) is 5.10 Å². The molecule has 0 aliphatic rings. The van der Waals surface area contributed by atoms with Crippen molar-refractivity contribution in [2.45, 2.75) is 19.9 Å². The van der Waals surface area contributed by atoms with Gasteiger partial charge in [-0.25, -0.2) is 23.7 Å². The second kappa shape index (κ2) is 5.01. The van der Waals surface area contributed by atoms with E-state index in [4.69, 9.17) is 0 Å². The first kappa shape index (κ1) is 13.3. The smallest absolute Gasteiger partial charge is 0.349 e. The summed E-state index contributed by atoms with van der Waals surface area (Å²) in [5.41, 5.74) is 0.690. The fourth-order valence-electron chi connectivity index (χ4n) is 2.30. The van der Waals surface area contributed by atoms with Crippen LogP contribution in [-0.4, -0.2) is 19.6 Å². The summed E-state index contributed by atoms with van der Waals surface area (Å²) in [6.45, 7) is 3.55. The Balaban J connectivity index is 1.95. The molecule has 0 spiro atoms. The van der Waals surface area contributed by atoms with E-state index in [-0.39, 0.29) is 17.5 Å². The van der Waals surface area contributed by atoms with Crippen LogP contribution in [0, 0.1) is 12.7 Å². The number of H-pyrrole nitrogens is 1. The number of benzene rings is 1. The van der Waals surface area contributed by atoms with Crippen LogP contribution in [0.1, 0.15) is 24.4 Å². The van der Waals surface area contributed by atoms with Crippen molar-refractivity contribution in [2.24, 2.45) is 0 Å². The fourth-order valence-corrected chi connectivity index (χ4v) is 2.30. The lowest BCUT2D eigenvalue weighted by Gasteiger charge is -2.16. The molecule has 0 bridgehead atoms. The van der Waals surface area contributed by atoms with E-state index in [1.165, 1.54) is 10.5 Å². The Bertz CT molecular complexity index is 854. The van der Waals surface area contributed by atoms with Crippen LogP contribution < -0.4 is 11.0 Å². The lowest BCUT2D eigenvalue weighted by atomic mass is 10.1. The number of anilines is 1. The molecule has 0 aliphatic heterocycles. The summed E-state index contributed by atoms with van der Waals surface area (Å²) in [4.78, 5) is 15.8. The fraction of sp³-hybridized carbons (Fsp3) is 0.214. The Hall–Kier alpha value is -2.70. The molecular formula is C14H14FN5O. The minimum absolute atomic E-state index is 0.258. The largest absolute Gasteiger partial charge is 0.363 e. The summed E-state index contributed by atoms with van der Waals surface area (Å²) in [6, 6.07) is 7.95. The van der Waals surface area contributed by atoms with Crippen molar-refractivity contribution < 1.29 is 4.39 Å². The first-order chi connectivity index (χ1) is 10.1. The number of aromatic amines is 1. The van der Waals surface area contributed by atoms with Crippen LogP contribution in [0.3, 0.4) is 0 Å². The van der Waals surface area contributed by atoms with E-state index in [0.717, 1.165) is 0 Å². The van der Waals surface area contributed by atoms with E-state index in [1.807, 2.05) is 6.92 Å². The van der Waals surface area contributed by atoms with Crippen LogP contribution in [0.5, 0.6) is 0 Å². The summed E-state index contributed by atoms with van der Waals surface area (Å²) in [7, 11) is 0. The van der Waals surface area contributed by atoms with Crippen molar-refractivity contribution in [2.75, 3.05) is 5.32 Å². The number of nitrogens with zero attached hydrogens (tertiary/aromatic N) is 3. The minimum Gasteiger partial charge on any atom is -0.363 e. The number of rotatable bonds is 3. The third-order valence-electron chi connectivity index (χ3n) is 3.31. The van der Waals surface area contributed by atoms with E-state index in [0.29, 0.717) is 22.9 Å². The normalized spacial score (nSPS) is 12.5. The molecule has 3 aromatic rings. The van der Waals surface area contributed by atoms with E-state index < -0.39 is 0 Å². The van der Waals surface area contributed by atoms with Gasteiger partial charge in [0.15, 0.2) is 5.65 Å². The lowest BCUT2D eigenvalue weighted by Crippen LogP contribution is -2.15. The molecule has 0 radical (unpaired) electrons. The standard InChI is InChI=1S/C14H14FN5O/c1-8(10-5-3-4-6-11(10)15)16-12-7-13-18-19-14(21)20(13)9(2)17-12/h3-8,16H,1-2H3,(H,19,21). The SMILES string of the molecule is Cc1nc(NC(C)c2ccccc2F)cc2n[nH]c(=O)n12. The molecule has 2 N–H and O–H groups in total. The average Bonchev–Trinajstić information content (AvgIpc) is 2.81. The van der Waals surface area contributed by atoms with Crippen LogP contribution in [0.2, 0.25) is 0 Å². The zero-order valence-corrected chi connectivity index (χ0v) is 11.6. The van der Waals surface area contributed by atoms with Crippen LogP contribution in [0.25, 0.3) is 5.65 Å². The van der Waals surface area contributed by atoms with Gasteiger partial charge >= 0.3 is 5.69 Å². The molecule has 21 heavy (non-hydrogen) atoms. The molecule has 6 nitrogen and oxygen atoms in total. The second-order valence-corrected chi connectivity index (χ2v) is 4.80. The third-order valence-corrected chi connectivity index (χ3v) is 3.31. The van der Waals surface area contributed by atoms with Crippen LogP contribution in [0.4, 0.5) is 10.2 Å². The number of fused-ring (bicyclic) bond motifs is 1. The van der Waals surface area contributed by atoms with Gasteiger partial charge in [0.25, 0.3) is 0 Å². The molecule has 0 saturated carbocycles. The highest BCUT2D eigenvalue weighted by Crippen LogP contribution is 2.21. The van der Waals surface area contributed by atoms with Crippen molar-refractivity contribution in [3.8, 4) is 0 Å². The Kier molecular flexibility index (Phi) is 3.17. The number of nitrogens with one attached hydrogen (secondary N) is 2. The van der Waals surface area contributed by atoms with Crippen molar-refractivity contribution in [1.82, 2.24) is 19.6 Å². The number of hydrogen-bond acceptors (Lipinski definition) is 4. The molecule has 0 amide bonds. The van der Waals surface area contributed by atoms with Gasteiger partial charge in [-0.05, 0) is 19.9 Å². The topological polar surface area (TPSA) is 75.1 Å². The van der Waals surface area contributed by atoms with Gasteiger partial charge in [0, 0.05) is 11.6 Å². The molecule has 0 aliphatic carbocycles. The van der Waals surface area contributed by atoms with Gasteiger partial charge in [-0.1, -0.05) is 18.2 Å². The maximum Gasteiger partial charge on any atom is 0.349 e. The molecule has 2 heterocycles. The van der Waals surface area contributed by atoms with Gasteiger partial charge in [-0.3, -0.25) is 0 Å². The average molecular weight is 287 g/mol. The van der Waals surface area contributed by atoms with E-state index in [1.54, 1.807) is 31.2 Å². The molecule has 1 atom stereocenters. The molecule has 0 fully saturated rings. The van der Waals surface area contributed by atoms with E-state index >= 15 is 0 Å². The highest BCUT2D eigenvalue weighted by Gasteiger charge is 2.12. The summed E-state index contributed by atoms with van der Waals surface area (Å²) in [6.07, 6.45) is 0. The highest BCUT2D eigenvalue weighted by atomic mass is 19.1. The zero-order valence-electron chi connectivity index (χ0n) is 11.6. The molecule has 108 valence electrons. The van der Waals surface area contributed by atoms with Gasteiger partial charge in [-0.15, -0.1) is 0 Å². The Morgan fingerprint density at radius 2 is 2.14 bits per heavy atom. The lowest BCUT2D eigenvalue weighted by molar-refractivity contribution is 0.600. The summed E-state index contributed by atoms with van der Waals surface area (Å²) >= 11 is 0. The maximum atomic E-state index is 13.8. The quantitative estimate of drug-likeness (QED) is 0.773. The summed E-state index contributed by atoms with van der Waals surface area (Å²) in [5.74, 6) is 0.774.